The molecule has 4 heteroatoms. The van der Waals surface area contributed by atoms with Crippen molar-refractivity contribution in [1.82, 2.24) is 0 Å². The first-order chi connectivity index (χ1) is 9.22. The third kappa shape index (κ3) is 3.52. The highest BCUT2D eigenvalue weighted by Gasteiger charge is 2.15. The van der Waals surface area contributed by atoms with E-state index in [1.807, 2.05) is 6.92 Å². The van der Waals surface area contributed by atoms with Crippen molar-refractivity contribution in [1.29, 1.82) is 0 Å². The van der Waals surface area contributed by atoms with Crippen LogP contribution in [0.1, 0.15) is 39.0 Å². The summed E-state index contributed by atoms with van der Waals surface area (Å²) in [5, 5.41) is 0. The lowest BCUT2D eigenvalue weighted by Gasteiger charge is -2.28. The molecule has 1 saturated heterocycles. The van der Waals surface area contributed by atoms with Crippen LogP contribution in [0.3, 0.4) is 0 Å². The molecule has 0 bridgehead atoms. The standard InChI is InChI=1S/C15H23FN2O/c1-2-19-15-11-14(13(17)10-12(15)16)18-8-6-4-3-5-7-9-18/h10-11H,2-9,17H2,1H3. The fourth-order valence-electron chi connectivity index (χ4n) is 2.59. The summed E-state index contributed by atoms with van der Waals surface area (Å²) in [6, 6.07) is 3.12. The van der Waals surface area contributed by atoms with Gasteiger partial charge in [-0.1, -0.05) is 19.3 Å². The smallest absolute Gasteiger partial charge is 0.167 e. The van der Waals surface area contributed by atoms with Gasteiger partial charge >= 0.3 is 0 Å². The van der Waals surface area contributed by atoms with E-state index in [-0.39, 0.29) is 5.82 Å². The number of halogens is 1. The quantitative estimate of drug-likeness (QED) is 0.850. The number of nitrogen functional groups attached to an aromatic ring is 1. The normalized spacial score (nSPS) is 16.8. The molecule has 1 heterocycles. The minimum absolute atomic E-state index is 0.300. The fraction of sp³-hybridized carbons (Fsp3) is 0.600. The Morgan fingerprint density at radius 3 is 2.42 bits per heavy atom. The number of nitrogens with zero attached hydrogens (tertiary/aromatic N) is 1. The van der Waals surface area contributed by atoms with Gasteiger partial charge in [0.1, 0.15) is 0 Å². The molecule has 3 nitrogen and oxygen atoms in total. The predicted molar refractivity (Wildman–Crippen MR) is 77.3 cm³/mol. The van der Waals surface area contributed by atoms with Crippen molar-refractivity contribution in [3.05, 3.63) is 17.9 Å². The summed E-state index contributed by atoms with van der Waals surface area (Å²) in [6.45, 7) is 4.29. The van der Waals surface area contributed by atoms with Gasteiger partial charge in [0.05, 0.1) is 18.0 Å². The van der Waals surface area contributed by atoms with Gasteiger partial charge in [-0.3, -0.25) is 0 Å². The first-order valence-corrected chi connectivity index (χ1v) is 7.19. The maximum Gasteiger partial charge on any atom is 0.167 e. The van der Waals surface area contributed by atoms with Gasteiger partial charge in [-0.25, -0.2) is 4.39 Å². The molecule has 19 heavy (non-hydrogen) atoms. The average molecular weight is 266 g/mol. The lowest BCUT2D eigenvalue weighted by Crippen LogP contribution is -2.27. The zero-order chi connectivity index (χ0) is 13.7. The maximum atomic E-state index is 13.7. The lowest BCUT2D eigenvalue weighted by molar-refractivity contribution is 0.321. The van der Waals surface area contributed by atoms with Crippen LogP contribution < -0.4 is 15.4 Å². The third-order valence-corrected chi connectivity index (χ3v) is 3.58. The zero-order valence-corrected chi connectivity index (χ0v) is 11.6. The Kier molecular flexibility index (Phi) is 4.88. The summed E-state index contributed by atoms with van der Waals surface area (Å²) in [5.41, 5.74) is 7.38. The molecular formula is C15H23FN2O. The molecule has 0 spiro atoms. The Bertz CT molecular complexity index is 415. The molecule has 1 aromatic carbocycles. The zero-order valence-electron chi connectivity index (χ0n) is 11.6. The first-order valence-electron chi connectivity index (χ1n) is 7.19. The molecule has 0 aromatic heterocycles. The van der Waals surface area contributed by atoms with Crippen LogP contribution in [0.4, 0.5) is 15.8 Å². The van der Waals surface area contributed by atoms with Crippen LogP contribution in [0.5, 0.6) is 5.75 Å². The molecule has 1 aliphatic heterocycles. The minimum Gasteiger partial charge on any atom is -0.491 e. The lowest BCUT2D eigenvalue weighted by atomic mass is 10.1. The molecule has 106 valence electrons. The van der Waals surface area contributed by atoms with E-state index in [2.05, 4.69) is 4.90 Å². The molecule has 1 aromatic rings. The first kappa shape index (κ1) is 14.0. The SMILES string of the molecule is CCOc1cc(N2CCCCCCC2)c(N)cc1F. The van der Waals surface area contributed by atoms with Gasteiger partial charge < -0.3 is 15.4 Å². The van der Waals surface area contributed by atoms with Crippen LogP contribution in [0.15, 0.2) is 12.1 Å². The number of benzene rings is 1. The molecule has 0 aliphatic carbocycles. The summed E-state index contributed by atoms with van der Waals surface area (Å²) >= 11 is 0. The van der Waals surface area contributed by atoms with Crippen molar-refractivity contribution >= 4 is 11.4 Å². The highest BCUT2D eigenvalue weighted by molar-refractivity contribution is 5.70. The van der Waals surface area contributed by atoms with Gasteiger partial charge in [-0.15, -0.1) is 0 Å². The van der Waals surface area contributed by atoms with Crippen LogP contribution in [-0.4, -0.2) is 19.7 Å². The summed E-state index contributed by atoms with van der Waals surface area (Å²) in [7, 11) is 0. The number of rotatable bonds is 3. The summed E-state index contributed by atoms with van der Waals surface area (Å²) in [4.78, 5) is 2.26. The Balaban J connectivity index is 2.23. The van der Waals surface area contributed by atoms with Crippen molar-refractivity contribution < 1.29 is 9.13 Å². The molecule has 2 rings (SSSR count). The second-order valence-electron chi connectivity index (χ2n) is 5.03. The van der Waals surface area contributed by atoms with Crippen LogP contribution in [0.2, 0.25) is 0 Å². The molecule has 0 radical (unpaired) electrons. The van der Waals surface area contributed by atoms with Gasteiger partial charge in [0, 0.05) is 25.2 Å². The number of nitrogens with two attached hydrogens (primary N) is 1. The molecule has 0 saturated carbocycles. The molecule has 0 unspecified atom stereocenters. The molecule has 0 atom stereocenters. The van der Waals surface area contributed by atoms with Gasteiger partial charge in [0.25, 0.3) is 0 Å². The van der Waals surface area contributed by atoms with Gasteiger partial charge in [0.2, 0.25) is 0 Å². The predicted octanol–water partition coefficient (Wildman–Crippen LogP) is 3.58. The monoisotopic (exact) mass is 266 g/mol. The molecular weight excluding hydrogens is 243 g/mol. The van der Waals surface area contributed by atoms with E-state index in [9.17, 15) is 4.39 Å². The van der Waals surface area contributed by atoms with E-state index >= 15 is 0 Å². The molecule has 0 amide bonds. The largest absolute Gasteiger partial charge is 0.491 e. The van der Waals surface area contributed by atoms with Gasteiger partial charge in [0.15, 0.2) is 11.6 Å². The summed E-state index contributed by atoms with van der Waals surface area (Å²) < 4.78 is 19.0. The van der Waals surface area contributed by atoms with Crippen molar-refractivity contribution in [2.45, 2.75) is 39.0 Å². The van der Waals surface area contributed by atoms with Crippen LogP contribution in [0, 0.1) is 5.82 Å². The van der Waals surface area contributed by atoms with E-state index in [1.54, 1.807) is 6.07 Å². The Hall–Kier alpha value is -1.45. The number of hydrogen-bond acceptors (Lipinski definition) is 3. The molecule has 2 N–H and O–H groups in total. The van der Waals surface area contributed by atoms with E-state index in [1.165, 1.54) is 38.2 Å². The van der Waals surface area contributed by atoms with Crippen molar-refractivity contribution in [2.75, 3.05) is 30.3 Å². The highest BCUT2D eigenvalue weighted by atomic mass is 19.1. The van der Waals surface area contributed by atoms with E-state index in [0.29, 0.717) is 18.0 Å². The van der Waals surface area contributed by atoms with Gasteiger partial charge in [-0.2, -0.15) is 0 Å². The van der Waals surface area contributed by atoms with Crippen LogP contribution in [-0.2, 0) is 0 Å². The van der Waals surface area contributed by atoms with Crippen molar-refractivity contribution in [3.8, 4) is 5.75 Å². The van der Waals surface area contributed by atoms with Crippen LogP contribution in [0.25, 0.3) is 0 Å². The van der Waals surface area contributed by atoms with Crippen molar-refractivity contribution in [3.63, 3.8) is 0 Å². The summed E-state index contributed by atoms with van der Waals surface area (Å²) in [5.74, 6) is -0.0797. The second kappa shape index (κ2) is 6.64. The number of ether oxygens (including phenoxy) is 1. The Labute approximate surface area is 114 Å². The Morgan fingerprint density at radius 2 is 1.79 bits per heavy atom. The highest BCUT2D eigenvalue weighted by Crippen LogP contribution is 2.32. The number of hydrogen-bond donors (Lipinski definition) is 1. The van der Waals surface area contributed by atoms with E-state index in [4.69, 9.17) is 10.5 Å². The Morgan fingerprint density at radius 1 is 1.16 bits per heavy atom. The molecule has 1 aliphatic rings. The summed E-state index contributed by atoms with van der Waals surface area (Å²) in [6.07, 6.45) is 6.17. The second-order valence-corrected chi connectivity index (χ2v) is 5.03. The van der Waals surface area contributed by atoms with E-state index < -0.39 is 0 Å². The molecule has 1 fully saturated rings. The van der Waals surface area contributed by atoms with Gasteiger partial charge in [-0.05, 0) is 19.8 Å². The fourth-order valence-corrected chi connectivity index (χ4v) is 2.59. The van der Waals surface area contributed by atoms with Crippen molar-refractivity contribution in [2.24, 2.45) is 0 Å². The minimum atomic E-state index is -0.379. The number of anilines is 2. The topological polar surface area (TPSA) is 38.5 Å². The van der Waals surface area contributed by atoms with E-state index in [0.717, 1.165) is 18.8 Å². The third-order valence-electron chi connectivity index (χ3n) is 3.58. The average Bonchev–Trinajstić information content (AvgIpc) is 2.33. The maximum absolute atomic E-state index is 13.7. The van der Waals surface area contributed by atoms with Crippen LogP contribution >= 0.6 is 0 Å².